The summed E-state index contributed by atoms with van der Waals surface area (Å²) in [4.78, 5) is 22.0. The normalized spacial score (nSPS) is 18.1. The molecule has 54 heavy (non-hydrogen) atoms. The van der Waals surface area contributed by atoms with Crippen molar-refractivity contribution in [2.24, 2.45) is 5.73 Å². The molecule has 3 aromatic rings. The quantitative estimate of drug-likeness (QED) is 0.0543. The van der Waals surface area contributed by atoms with E-state index in [1.807, 2.05) is 36.4 Å². The third-order valence-corrected chi connectivity index (χ3v) is 7.97. The van der Waals surface area contributed by atoms with Crippen molar-refractivity contribution in [2.45, 2.75) is 63.4 Å². The molecule has 3 aliphatic heterocycles. The number of piperidine rings is 3. The summed E-state index contributed by atoms with van der Waals surface area (Å²) in [5.41, 5.74) is 9.75. The van der Waals surface area contributed by atoms with Crippen LogP contribution in [0.4, 0.5) is 27.1 Å². The number of aliphatic hydroxyl groups is 4. The fraction of sp³-hybridized carbons (Fsp3) is 0.447. The Balaban J connectivity index is -0.000000634. The van der Waals surface area contributed by atoms with Crippen molar-refractivity contribution in [3.8, 4) is 0 Å². The maximum absolute atomic E-state index is 12.4. The minimum absolute atomic E-state index is 0. The number of halogens is 1. The first-order valence-corrected chi connectivity index (χ1v) is 17.1. The molecule has 7 N–H and O–H groups in total. The number of hydrogen-bond acceptors (Lipinski definition) is 11. The van der Waals surface area contributed by atoms with Crippen molar-refractivity contribution in [1.82, 2.24) is 5.32 Å². The van der Waals surface area contributed by atoms with Gasteiger partial charge in [-0.15, -0.1) is 0 Å². The van der Waals surface area contributed by atoms with E-state index in [2.05, 4.69) is 41.8 Å². The van der Waals surface area contributed by atoms with E-state index in [0.717, 1.165) is 89.6 Å². The summed E-state index contributed by atoms with van der Waals surface area (Å²) in [5, 5.41) is 46.6. The summed E-state index contributed by atoms with van der Waals surface area (Å²) in [6.45, 7) is 19.1. The SMILES string of the molecule is CO.NCc1ccccc1N1CCCC(O)C1.O=CO[O-].OC1CCCNC1.[C-]#[N+]c1ccccc1F.[C-]#[N+]c1ccccc1N1CCCC(O)C1.[H-].[K+].[K+]. The van der Waals surface area contributed by atoms with E-state index in [-0.39, 0.29) is 135 Å². The molecule has 286 valence electrons. The molecule has 3 heterocycles. The zero-order valence-corrected chi connectivity index (χ0v) is 37.9. The molecule has 3 unspecified atom stereocenters. The summed E-state index contributed by atoms with van der Waals surface area (Å²) >= 11 is 0. The van der Waals surface area contributed by atoms with Gasteiger partial charge in [0.25, 0.3) is 6.47 Å². The molecule has 0 spiro atoms. The van der Waals surface area contributed by atoms with E-state index >= 15 is 0 Å². The fourth-order valence-corrected chi connectivity index (χ4v) is 5.54. The molecule has 0 aromatic heterocycles. The number of carbonyl (C=O) groups excluding carboxylic acids is 1. The molecule has 3 aromatic carbocycles. The van der Waals surface area contributed by atoms with Crippen LogP contribution < -0.4 is 129 Å². The Morgan fingerprint density at radius 2 is 1.30 bits per heavy atom. The summed E-state index contributed by atoms with van der Waals surface area (Å²) < 4.78 is 12.4. The van der Waals surface area contributed by atoms with Crippen molar-refractivity contribution >= 4 is 29.2 Å². The second-order valence-electron chi connectivity index (χ2n) is 11.7. The first-order chi connectivity index (χ1) is 25.3. The van der Waals surface area contributed by atoms with Gasteiger partial charge in [0.05, 0.1) is 31.5 Å². The molecule has 0 bridgehead atoms. The molecular formula is C38H53FK2N6O7. The van der Waals surface area contributed by atoms with Gasteiger partial charge in [0.1, 0.15) is 5.82 Å². The molecular weight excluding hydrogens is 750 g/mol. The predicted octanol–water partition coefficient (Wildman–Crippen LogP) is -2.42. The average molecular weight is 803 g/mol. The first-order valence-electron chi connectivity index (χ1n) is 17.1. The first kappa shape index (κ1) is 54.7. The molecule has 0 saturated carbocycles. The minimum Gasteiger partial charge on any atom is -1.00 e. The number of hydrogen-bond donors (Lipinski definition) is 6. The van der Waals surface area contributed by atoms with Gasteiger partial charge in [-0.2, -0.15) is 0 Å². The number of aliphatic hydroxyl groups excluding tert-OH is 4. The molecule has 0 radical (unpaired) electrons. The average Bonchev–Trinajstić information content (AvgIpc) is 3.20. The van der Waals surface area contributed by atoms with E-state index < -0.39 is 5.82 Å². The topological polar surface area (TPSA) is 184 Å². The van der Waals surface area contributed by atoms with Crippen molar-refractivity contribution in [3.63, 3.8) is 0 Å². The van der Waals surface area contributed by atoms with Crippen LogP contribution in [0.3, 0.4) is 0 Å². The molecule has 0 amide bonds. The van der Waals surface area contributed by atoms with Crippen LogP contribution >= 0.6 is 0 Å². The van der Waals surface area contributed by atoms with Crippen molar-refractivity contribution < 1.29 is 144 Å². The Labute approximate surface area is 405 Å². The van der Waals surface area contributed by atoms with Gasteiger partial charge in [-0.25, -0.2) is 14.1 Å². The van der Waals surface area contributed by atoms with E-state index in [0.29, 0.717) is 18.8 Å². The Kier molecular flexibility index (Phi) is 35.3. The zero-order chi connectivity index (χ0) is 38.6. The summed E-state index contributed by atoms with van der Waals surface area (Å²) in [6, 6.07) is 21.7. The third-order valence-electron chi connectivity index (χ3n) is 7.97. The second-order valence-corrected chi connectivity index (χ2v) is 11.7. The van der Waals surface area contributed by atoms with Crippen LogP contribution in [-0.4, -0.2) is 91.6 Å². The molecule has 16 heteroatoms. The van der Waals surface area contributed by atoms with Crippen LogP contribution in [0.25, 0.3) is 9.69 Å². The van der Waals surface area contributed by atoms with E-state index in [4.69, 9.17) is 39.1 Å². The van der Waals surface area contributed by atoms with Crippen molar-refractivity contribution in [1.29, 1.82) is 0 Å². The standard InChI is InChI=1S/C12H14N2O.C12H18N2O.C7H4FN.C5H11NO.CH2O3.CH4O.2K.H/c1-13-11-6-2-3-7-12(11)14-8-4-5-10(15)9-14;13-8-10-4-1-2-6-12(10)14-7-3-5-11(15)9-14;1-9-7-5-3-2-4-6(7)8;7-5-2-1-3-6-4-5;2-1-4-3;1-2;;;/h2-3,6-7,10,15H,4-5,8-9H2;1-2,4,6,11,15H,3,5,7-9,13H2;2-5H;5-7H,1-4H2;1,3H;2H,1H3;;;/q;;;;;;2*+1;-1/p-1. The van der Waals surface area contributed by atoms with Crippen molar-refractivity contribution in [3.05, 3.63) is 107 Å². The Morgan fingerprint density at radius 1 is 0.833 bits per heavy atom. The van der Waals surface area contributed by atoms with Gasteiger partial charge in [-0.1, -0.05) is 54.6 Å². The molecule has 3 aliphatic rings. The number of benzene rings is 3. The van der Waals surface area contributed by atoms with Crippen LogP contribution in [0, 0.1) is 19.0 Å². The molecule has 3 fully saturated rings. The predicted molar refractivity (Wildman–Crippen MR) is 199 cm³/mol. The van der Waals surface area contributed by atoms with Crippen LogP contribution in [0.1, 0.15) is 45.5 Å². The van der Waals surface area contributed by atoms with Gasteiger partial charge in [0, 0.05) is 57.8 Å². The summed E-state index contributed by atoms with van der Waals surface area (Å²) in [6.07, 6.45) is 5.43. The van der Waals surface area contributed by atoms with Gasteiger partial charge in [0.15, 0.2) is 0 Å². The molecule has 6 rings (SSSR count). The Morgan fingerprint density at radius 3 is 1.70 bits per heavy atom. The van der Waals surface area contributed by atoms with E-state index in [9.17, 15) is 14.6 Å². The zero-order valence-electron chi connectivity index (χ0n) is 32.7. The van der Waals surface area contributed by atoms with Crippen molar-refractivity contribution in [2.75, 3.05) is 56.2 Å². The number of anilines is 2. The van der Waals surface area contributed by atoms with E-state index in [1.165, 1.54) is 17.8 Å². The number of para-hydroxylation sites is 4. The fourth-order valence-electron chi connectivity index (χ4n) is 5.54. The van der Waals surface area contributed by atoms with Crippen LogP contribution in [-0.2, 0) is 16.2 Å². The monoisotopic (exact) mass is 802 g/mol. The Bertz CT molecular complexity index is 1500. The summed E-state index contributed by atoms with van der Waals surface area (Å²) in [5.74, 6) is -0.451. The van der Waals surface area contributed by atoms with Gasteiger partial charge >= 0.3 is 103 Å². The van der Waals surface area contributed by atoms with Crippen LogP contribution in [0.15, 0.2) is 72.8 Å². The molecule has 0 aliphatic carbocycles. The third kappa shape index (κ3) is 22.4. The maximum Gasteiger partial charge on any atom is 1.00 e. The molecule has 3 saturated heterocycles. The number of carbonyl (C=O) groups is 1. The smallest absolute Gasteiger partial charge is 1.00 e. The van der Waals surface area contributed by atoms with Crippen LogP contribution in [0.2, 0.25) is 0 Å². The van der Waals surface area contributed by atoms with E-state index in [1.54, 1.807) is 12.1 Å². The number of nitrogens with zero attached hydrogens (tertiary/aromatic N) is 4. The second kappa shape index (κ2) is 34.8. The molecule has 3 atom stereocenters. The van der Waals surface area contributed by atoms with Gasteiger partial charge in [-0.05, 0) is 68.8 Å². The van der Waals surface area contributed by atoms with Crippen LogP contribution in [0.5, 0.6) is 0 Å². The number of β-amino-alcohol motifs (C(OH)–C–C–N with tert-alkyl or cyclic N) is 3. The summed E-state index contributed by atoms with van der Waals surface area (Å²) in [7, 11) is 1.00. The number of nitrogens with one attached hydrogen (secondary N) is 1. The van der Waals surface area contributed by atoms with Gasteiger partial charge in [0.2, 0.25) is 11.4 Å². The van der Waals surface area contributed by atoms with Gasteiger partial charge < -0.3 is 52.8 Å². The maximum atomic E-state index is 12.4. The number of rotatable bonds is 4. The molecule has 13 nitrogen and oxygen atoms in total. The van der Waals surface area contributed by atoms with Gasteiger partial charge in [-0.3, -0.25) is 4.79 Å². The minimum atomic E-state index is -0.451. The number of nitrogens with two attached hydrogens (primary N) is 1. The Hall–Kier alpha value is -1.37. The largest absolute Gasteiger partial charge is 1.00 e.